The Balaban J connectivity index is 4.49. The zero-order valence-electron chi connectivity index (χ0n) is 10.1. The van der Waals surface area contributed by atoms with E-state index in [0.717, 1.165) is 11.7 Å². The molecule has 0 saturated carbocycles. The van der Waals surface area contributed by atoms with Crippen LogP contribution in [-0.2, 0) is 9.19 Å². The Morgan fingerprint density at radius 3 is 2.19 bits per heavy atom. The second kappa shape index (κ2) is 6.69. The molecule has 1 unspecified atom stereocenters. The normalized spacial score (nSPS) is 16.4. The van der Waals surface area contributed by atoms with Gasteiger partial charge in [-0.2, -0.15) is 5.06 Å². The van der Waals surface area contributed by atoms with E-state index in [2.05, 4.69) is 0 Å². The molecule has 0 aromatic heterocycles. The molecule has 0 fully saturated rings. The number of nitrogens with zero attached hydrogens (tertiary/aromatic N) is 1. The van der Waals surface area contributed by atoms with Gasteiger partial charge in [0.25, 0.3) is 0 Å². The Morgan fingerprint density at radius 1 is 1.38 bits per heavy atom. The first-order chi connectivity index (χ1) is 7.26. The van der Waals surface area contributed by atoms with E-state index in [1.807, 2.05) is 13.8 Å². The van der Waals surface area contributed by atoms with E-state index in [1.165, 1.54) is 0 Å². The van der Waals surface area contributed by atoms with Crippen molar-refractivity contribution in [3.05, 3.63) is 0 Å². The summed E-state index contributed by atoms with van der Waals surface area (Å²) in [7, 11) is -3.65. The van der Waals surface area contributed by atoms with Gasteiger partial charge in [0.05, 0.1) is 18.8 Å². The highest BCUT2D eigenvalue weighted by atomic mass is 31.2. The van der Waals surface area contributed by atoms with Crippen molar-refractivity contribution in [2.24, 2.45) is 0 Å². The highest BCUT2D eigenvalue weighted by Crippen LogP contribution is 2.38. The first kappa shape index (κ1) is 16.0. The molecule has 0 aliphatic heterocycles. The molecular formula is C9H22NO5P. The van der Waals surface area contributed by atoms with Crippen LogP contribution < -0.4 is 0 Å². The topological polar surface area (TPSA) is 90.2 Å². The van der Waals surface area contributed by atoms with Crippen molar-refractivity contribution >= 4 is 7.60 Å². The Morgan fingerprint density at radius 2 is 1.88 bits per heavy atom. The number of hydrogen-bond acceptors (Lipinski definition) is 5. The van der Waals surface area contributed by atoms with E-state index in [1.54, 1.807) is 0 Å². The van der Waals surface area contributed by atoms with Crippen molar-refractivity contribution in [1.29, 1.82) is 0 Å². The molecule has 0 rings (SSSR count). The van der Waals surface area contributed by atoms with Crippen molar-refractivity contribution in [3.63, 3.8) is 0 Å². The Bertz CT molecular complexity index is 238. The Hall–Kier alpha value is 0.0300. The zero-order chi connectivity index (χ0) is 12.8. The molecule has 0 bridgehead atoms. The fourth-order valence-corrected chi connectivity index (χ4v) is 1.84. The molecule has 98 valence electrons. The van der Waals surface area contributed by atoms with Crippen LogP contribution in [0.3, 0.4) is 0 Å². The van der Waals surface area contributed by atoms with E-state index in [-0.39, 0.29) is 19.7 Å². The number of aliphatic hydroxyl groups excluding tert-OH is 1. The molecule has 3 N–H and O–H groups in total. The van der Waals surface area contributed by atoms with Crippen LogP contribution in [0.1, 0.15) is 26.7 Å². The summed E-state index contributed by atoms with van der Waals surface area (Å²) in [4.78, 5) is 9.09. The van der Waals surface area contributed by atoms with Crippen molar-refractivity contribution in [2.75, 3.05) is 26.4 Å². The standard InChI is InChI=1S/C9H22NO5P/c1-4-9(12,5-2)8-10(6-7-11)15-16(3,13)14/h11-12H,4-8H2,1-3H3,(H,13,14). The number of hydroxylamine groups is 2. The second-order valence-electron chi connectivity index (χ2n) is 3.90. The zero-order valence-corrected chi connectivity index (χ0v) is 11.0. The van der Waals surface area contributed by atoms with Gasteiger partial charge in [-0.05, 0) is 12.8 Å². The third kappa shape index (κ3) is 6.58. The molecule has 0 radical (unpaired) electrons. The van der Waals surface area contributed by atoms with Crippen LogP contribution in [0, 0.1) is 0 Å². The van der Waals surface area contributed by atoms with Gasteiger partial charge in [-0.1, -0.05) is 13.8 Å². The third-order valence-electron chi connectivity index (χ3n) is 2.40. The lowest BCUT2D eigenvalue weighted by Crippen LogP contribution is -2.42. The van der Waals surface area contributed by atoms with Crippen LogP contribution in [0.5, 0.6) is 0 Å². The van der Waals surface area contributed by atoms with Crippen molar-refractivity contribution in [2.45, 2.75) is 32.3 Å². The number of aliphatic hydroxyl groups is 2. The van der Waals surface area contributed by atoms with Gasteiger partial charge in [0.2, 0.25) is 0 Å². The molecule has 0 aromatic rings. The molecule has 7 heteroatoms. The van der Waals surface area contributed by atoms with E-state index in [4.69, 9.17) is 14.6 Å². The predicted octanol–water partition coefficient (Wildman–Crippen LogP) is 0.579. The van der Waals surface area contributed by atoms with Crippen molar-refractivity contribution in [1.82, 2.24) is 5.06 Å². The van der Waals surface area contributed by atoms with Crippen LogP contribution in [0.25, 0.3) is 0 Å². The molecule has 0 saturated heterocycles. The highest BCUT2D eigenvalue weighted by molar-refractivity contribution is 7.51. The van der Waals surface area contributed by atoms with Crippen molar-refractivity contribution < 1.29 is 24.3 Å². The minimum atomic E-state index is -3.65. The minimum absolute atomic E-state index is 0.0840. The predicted molar refractivity (Wildman–Crippen MR) is 61.0 cm³/mol. The second-order valence-corrected chi connectivity index (χ2v) is 5.67. The number of hydrogen-bond donors (Lipinski definition) is 3. The van der Waals surface area contributed by atoms with Gasteiger partial charge >= 0.3 is 7.60 Å². The van der Waals surface area contributed by atoms with Gasteiger partial charge in [0.1, 0.15) is 0 Å². The largest absolute Gasteiger partial charge is 0.395 e. The quantitative estimate of drug-likeness (QED) is 0.434. The van der Waals surface area contributed by atoms with E-state index in [9.17, 15) is 9.67 Å². The van der Waals surface area contributed by atoms with E-state index < -0.39 is 13.2 Å². The summed E-state index contributed by atoms with van der Waals surface area (Å²) in [6, 6.07) is 0. The Labute approximate surface area is 96.3 Å². The molecule has 1 atom stereocenters. The molecule has 0 aromatic carbocycles. The lowest BCUT2D eigenvalue weighted by molar-refractivity contribution is -0.128. The van der Waals surface area contributed by atoms with E-state index in [0.29, 0.717) is 12.8 Å². The summed E-state index contributed by atoms with van der Waals surface area (Å²) in [5.74, 6) is 0. The summed E-state index contributed by atoms with van der Waals surface area (Å²) in [6.07, 6.45) is 1.02. The maximum Gasteiger partial charge on any atom is 0.341 e. The van der Waals surface area contributed by atoms with Gasteiger partial charge in [-0.3, -0.25) is 4.57 Å². The van der Waals surface area contributed by atoms with Crippen LogP contribution in [-0.4, -0.2) is 52.1 Å². The van der Waals surface area contributed by atoms with Crippen molar-refractivity contribution in [3.8, 4) is 0 Å². The first-order valence-electron chi connectivity index (χ1n) is 5.34. The van der Waals surface area contributed by atoms with E-state index >= 15 is 0 Å². The highest BCUT2D eigenvalue weighted by Gasteiger charge is 2.28. The molecule has 16 heavy (non-hydrogen) atoms. The summed E-state index contributed by atoms with van der Waals surface area (Å²) in [6.45, 7) is 4.69. The average Bonchev–Trinajstić information content (AvgIpc) is 2.15. The maximum atomic E-state index is 11.1. The van der Waals surface area contributed by atoms with Gasteiger partial charge < -0.3 is 15.1 Å². The molecule has 0 aliphatic carbocycles. The summed E-state index contributed by atoms with van der Waals surface area (Å²) >= 11 is 0. The lowest BCUT2D eigenvalue weighted by atomic mass is 9.97. The third-order valence-corrected chi connectivity index (χ3v) is 2.94. The minimum Gasteiger partial charge on any atom is -0.395 e. The summed E-state index contributed by atoms with van der Waals surface area (Å²) < 4.78 is 15.9. The van der Waals surface area contributed by atoms with Crippen LogP contribution >= 0.6 is 7.60 Å². The van der Waals surface area contributed by atoms with Crippen LogP contribution in [0.4, 0.5) is 0 Å². The fraction of sp³-hybridized carbons (Fsp3) is 1.00. The molecule has 0 spiro atoms. The van der Waals surface area contributed by atoms with Crippen LogP contribution in [0.15, 0.2) is 0 Å². The Kier molecular flexibility index (Phi) is 6.70. The maximum absolute atomic E-state index is 11.1. The number of rotatable bonds is 8. The molecule has 0 heterocycles. The molecule has 0 aliphatic rings. The van der Waals surface area contributed by atoms with Gasteiger partial charge in [-0.15, -0.1) is 0 Å². The molecular weight excluding hydrogens is 233 g/mol. The molecule has 6 nitrogen and oxygen atoms in total. The first-order valence-corrected chi connectivity index (χ1v) is 7.37. The van der Waals surface area contributed by atoms with Crippen LogP contribution in [0.2, 0.25) is 0 Å². The lowest BCUT2D eigenvalue weighted by Gasteiger charge is -2.32. The van der Waals surface area contributed by atoms with Gasteiger partial charge in [-0.25, -0.2) is 4.62 Å². The average molecular weight is 255 g/mol. The SMILES string of the molecule is CCC(O)(CC)CN(CCO)OP(C)(=O)O. The summed E-state index contributed by atoms with van der Waals surface area (Å²) in [5, 5.41) is 20.0. The molecule has 0 amide bonds. The van der Waals surface area contributed by atoms with Gasteiger partial charge in [0, 0.05) is 13.2 Å². The monoisotopic (exact) mass is 255 g/mol. The smallest absolute Gasteiger partial charge is 0.341 e. The summed E-state index contributed by atoms with van der Waals surface area (Å²) in [5.41, 5.74) is -0.968. The fourth-order valence-electron chi connectivity index (χ4n) is 1.28. The van der Waals surface area contributed by atoms with Gasteiger partial charge in [0.15, 0.2) is 0 Å².